The predicted octanol–water partition coefficient (Wildman–Crippen LogP) is 0.563. The molecule has 21 heavy (non-hydrogen) atoms. The Morgan fingerprint density at radius 1 is 1.52 bits per heavy atom. The van der Waals surface area contributed by atoms with E-state index in [-0.39, 0.29) is 17.2 Å². The van der Waals surface area contributed by atoms with Crippen LogP contribution in [0.2, 0.25) is 0 Å². The third-order valence-corrected chi connectivity index (χ3v) is 4.37. The molecule has 7 heteroatoms. The van der Waals surface area contributed by atoms with Gasteiger partial charge in [-0.2, -0.15) is 0 Å². The van der Waals surface area contributed by atoms with Gasteiger partial charge < -0.3 is 19.5 Å². The monoisotopic (exact) mass is 293 g/mol. The lowest BCUT2D eigenvalue weighted by atomic mass is 9.77. The number of nitrogens with one attached hydrogen (secondary N) is 1. The summed E-state index contributed by atoms with van der Waals surface area (Å²) in [5, 5.41) is 6.69. The molecule has 0 aromatic carbocycles. The number of amides is 2. The molecule has 2 aliphatic rings. The third kappa shape index (κ3) is 2.78. The van der Waals surface area contributed by atoms with Crippen molar-refractivity contribution in [3.8, 4) is 0 Å². The molecule has 114 valence electrons. The number of rotatable bonds is 3. The predicted molar refractivity (Wildman–Crippen MR) is 72.4 cm³/mol. The van der Waals surface area contributed by atoms with Gasteiger partial charge in [-0.25, -0.2) is 0 Å². The zero-order chi connectivity index (χ0) is 14.9. The number of likely N-dealkylation sites (tertiary alicyclic amines) is 1. The number of aromatic nitrogens is 1. The molecule has 3 heterocycles. The Hall–Kier alpha value is -1.89. The van der Waals surface area contributed by atoms with Crippen LogP contribution in [0.3, 0.4) is 0 Å². The Labute approximate surface area is 122 Å². The summed E-state index contributed by atoms with van der Waals surface area (Å²) in [4.78, 5) is 25.5. The molecule has 0 aliphatic carbocycles. The van der Waals surface area contributed by atoms with Crippen LogP contribution in [0, 0.1) is 5.41 Å². The van der Waals surface area contributed by atoms with Gasteiger partial charge in [-0.3, -0.25) is 9.59 Å². The number of methoxy groups -OCH3 is 1. The van der Waals surface area contributed by atoms with Crippen LogP contribution >= 0.6 is 0 Å². The SMILES string of the molecule is COCc1cc(C(=O)N2CCC3(CC2)CNC(=O)C3)no1. The van der Waals surface area contributed by atoms with Gasteiger partial charge in [-0.05, 0) is 18.3 Å². The molecule has 2 amide bonds. The van der Waals surface area contributed by atoms with Crippen molar-refractivity contribution in [3.05, 3.63) is 17.5 Å². The summed E-state index contributed by atoms with van der Waals surface area (Å²) in [6.45, 7) is 2.34. The molecule has 3 rings (SSSR count). The van der Waals surface area contributed by atoms with Crippen molar-refractivity contribution in [2.75, 3.05) is 26.7 Å². The summed E-state index contributed by atoms with van der Waals surface area (Å²) in [7, 11) is 1.56. The maximum atomic E-state index is 12.4. The molecule has 2 fully saturated rings. The highest BCUT2D eigenvalue weighted by Crippen LogP contribution is 2.37. The molecule has 0 bridgehead atoms. The molecule has 0 atom stereocenters. The van der Waals surface area contributed by atoms with E-state index in [1.54, 1.807) is 18.1 Å². The lowest BCUT2D eigenvalue weighted by Gasteiger charge is -2.37. The maximum absolute atomic E-state index is 12.4. The van der Waals surface area contributed by atoms with Crippen molar-refractivity contribution >= 4 is 11.8 Å². The second kappa shape index (κ2) is 5.48. The van der Waals surface area contributed by atoms with Crippen LogP contribution in [-0.2, 0) is 16.1 Å². The average Bonchev–Trinajstić information content (AvgIpc) is 3.07. The summed E-state index contributed by atoms with van der Waals surface area (Å²) < 4.78 is 9.99. The Morgan fingerprint density at radius 3 is 2.90 bits per heavy atom. The number of hydrogen-bond acceptors (Lipinski definition) is 5. The topological polar surface area (TPSA) is 84.7 Å². The van der Waals surface area contributed by atoms with Gasteiger partial charge >= 0.3 is 0 Å². The minimum Gasteiger partial charge on any atom is -0.377 e. The van der Waals surface area contributed by atoms with Crippen molar-refractivity contribution in [2.45, 2.75) is 25.9 Å². The number of nitrogens with zero attached hydrogens (tertiary/aromatic N) is 2. The van der Waals surface area contributed by atoms with Gasteiger partial charge in [0.05, 0.1) is 0 Å². The highest BCUT2D eigenvalue weighted by atomic mass is 16.5. The first kappa shape index (κ1) is 14.1. The normalized spacial score (nSPS) is 20.8. The van der Waals surface area contributed by atoms with Crippen molar-refractivity contribution in [2.24, 2.45) is 5.41 Å². The fourth-order valence-corrected chi connectivity index (χ4v) is 3.08. The van der Waals surface area contributed by atoms with E-state index >= 15 is 0 Å². The lowest BCUT2D eigenvalue weighted by molar-refractivity contribution is -0.119. The van der Waals surface area contributed by atoms with Gasteiger partial charge in [-0.15, -0.1) is 0 Å². The molecule has 2 aliphatic heterocycles. The molecular formula is C14H19N3O4. The Kier molecular flexibility index (Phi) is 3.67. The van der Waals surface area contributed by atoms with Crippen molar-refractivity contribution in [3.63, 3.8) is 0 Å². The van der Waals surface area contributed by atoms with E-state index in [4.69, 9.17) is 9.26 Å². The molecular weight excluding hydrogens is 274 g/mol. The quantitative estimate of drug-likeness (QED) is 0.880. The first-order chi connectivity index (χ1) is 10.1. The summed E-state index contributed by atoms with van der Waals surface area (Å²) in [6, 6.07) is 1.62. The lowest BCUT2D eigenvalue weighted by Crippen LogP contribution is -2.44. The average molecular weight is 293 g/mol. The minimum atomic E-state index is -0.117. The van der Waals surface area contributed by atoms with E-state index in [2.05, 4.69) is 10.5 Å². The van der Waals surface area contributed by atoms with Crippen LogP contribution in [0.1, 0.15) is 35.5 Å². The van der Waals surface area contributed by atoms with Crippen LogP contribution in [0.4, 0.5) is 0 Å². The van der Waals surface area contributed by atoms with Crippen LogP contribution in [0.5, 0.6) is 0 Å². The number of hydrogen-bond donors (Lipinski definition) is 1. The fourth-order valence-electron chi connectivity index (χ4n) is 3.08. The number of ether oxygens (including phenoxy) is 1. The second-order valence-corrected chi connectivity index (χ2v) is 5.86. The second-order valence-electron chi connectivity index (χ2n) is 5.86. The summed E-state index contributed by atoms with van der Waals surface area (Å²) in [5.74, 6) is 0.545. The highest BCUT2D eigenvalue weighted by molar-refractivity contribution is 5.92. The van der Waals surface area contributed by atoms with E-state index in [1.165, 1.54) is 0 Å². The van der Waals surface area contributed by atoms with Crippen molar-refractivity contribution in [1.29, 1.82) is 0 Å². The van der Waals surface area contributed by atoms with E-state index in [1.807, 2.05) is 0 Å². The molecule has 2 saturated heterocycles. The van der Waals surface area contributed by atoms with Crippen molar-refractivity contribution < 1.29 is 18.8 Å². The van der Waals surface area contributed by atoms with E-state index in [0.717, 1.165) is 19.4 Å². The van der Waals surface area contributed by atoms with Crippen LogP contribution in [-0.4, -0.2) is 48.6 Å². The van der Waals surface area contributed by atoms with Gasteiger partial charge in [-0.1, -0.05) is 5.16 Å². The molecule has 0 unspecified atom stereocenters. The van der Waals surface area contributed by atoms with Crippen LogP contribution < -0.4 is 5.32 Å². The first-order valence-electron chi connectivity index (χ1n) is 7.12. The molecule has 0 radical (unpaired) electrons. The molecule has 1 aromatic rings. The van der Waals surface area contributed by atoms with Gasteiger partial charge in [0.25, 0.3) is 5.91 Å². The molecule has 7 nitrogen and oxygen atoms in total. The summed E-state index contributed by atoms with van der Waals surface area (Å²) >= 11 is 0. The Balaban J connectivity index is 1.60. The Morgan fingerprint density at radius 2 is 2.29 bits per heavy atom. The standard InChI is InChI=1S/C14H19N3O4/c1-20-8-10-6-11(16-21-10)13(19)17-4-2-14(3-5-17)7-12(18)15-9-14/h6H,2-5,7-9H2,1H3,(H,15,18). The van der Waals surface area contributed by atoms with Gasteiger partial charge in [0.15, 0.2) is 11.5 Å². The summed E-state index contributed by atoms with van der Waals surface area (Å²) in [6.07, 6.45) is 2.28. The van der Waals surface area contributed by atoms with Gasteiger partial charge in [0, 0.05) is 39.2 Å². The van der Waals surface area contributed by atoms with E-state index in [0.29, 0.717) is 37.6 Å². The zero-order valence-electron chi connectivity index (χ0n) is 12.1. The third-order valence-electron chi connectivity index (χ3n) is 4.37. The molecule has 1 spiro atoms. The largest absolute Gasteiger partial charge is 0.377 e. The zero-order valence-corrected chi connectivity index (χ0v) is 12.1. The van der Waals surface area contributed by atoms with Crippen LogP contribution in [0.15, 0.2) is 10.6 Å². The highest BCUT2D eigenvalue weighted by Gasteiger charge is 2.41. The fraction of sp³-hybridized carbons (Fsp3) is 0.643. The van der Waals surface area contributed by atoms with Crippen molar-refractivity contribution in [1.82, 2.24) is 15.4 Å². The van der Waals surface area contributed by atoms with Crippen LogP contribution in [0.25, 0.3) is 0 Å². The van der Waals surface area contributed by atoms with Gasteiger partial charge in [0.1, 0.15) is 6.61 Å². The van der Waals surface area contributed by atoms with E-state index < -0.39 is 0 Å². The number of carbonyl (C=O) groups excluding carboxylic acids is 2. The molecule has 1 N–H and O–H groups in total. The molecule has 1 aromatic heterocycles. The number of piperidine rings is 1. The Bertz CT molecular complexity index is 546. The molecule has 0 saturated carbocycles. The summed E-state index contributed by atoms with van der Waals surface area (Å²) in [5.41, 5.74) is 0.359. The van der Waals surface area contributed by atoms with E-state index in [9.17, 15) is 9.59 Å². The van der Waals surface area contributed by atoms with Gasteiger partial charge in [0.2, 0.25) is 5.91 Å². The maximum Gasteiger partial charge on any atom is 0.276 e. The number of carbonyl (C=O) groups is 2. The first-order valence-corrected chi connectivity index (χ1v) is 7.12. The smallest absolute Gasteiger partial charge is 0.276 e. The minimum absolute atomic E-state index is 0.0406.